The molecule has 0 aliphatic rings. The number of aromatic nitrogens is 1. The van der Waals surface area contributed by atoms with Crippen molar-refractivity contribution in [3.05, 3.63) is 24.0 Å². The lowest BCUT2D eigenvalue weighted by atomic mass is 10.3. The summed E-state index contributed by atoms with van der Waals surface area (Å²) in [5.41, 5.74) is -0.175. The van der Waals surface area contributed by atoms with Gasteiger partial charge in [0, 0.05) is 6.20 Å². The molecule has 5 heteroatoms. The first-order chi connectivity index (χ1) is 7.19. The number of aromatic carboxylic acids is 1. The summed E-state index contributed by atoms with van der Waals surface area (Å²) in [6.45, 7) is 1.78. The molecule has 1 atom stereocenters. The molecule has 0 aliphatic heterocycles. The van der Waals surface area contributed by atoms with Crippen LogP contribution in [-0.4, -0.2) is 22.2 Å². The van der Waals surface area contributed by atoms with E-state index in [-0.39, 0.29) is 11.4 Å². The number of hydrogen-bond acceptors (Lipinski definition) is 4. The Morgan fingerprint density at radius 2 is 2.53 bits per heavy atom. The van der Waals surface area contributed by atoms with Gasteiger partial charge in [0.05, 0.1) is 0 Å². The average molecular weight is 206 g/mol. The highest BCUT2D eigenvalue weighted by atomic mass is 16.5. The maximum Gasteiger partial charge on any atom is 0.358 e. The standard InChI is InChI=1S/C10H10N2O3/c1-2-7(6-11)15-8-4-3-5-12-9(8)10(13)14/h3-5,7H,2H2,1H3,(H,13,14). The minimum Gasteiger partial charge on any atom is -0.476 e. The highest BCUT2D eigenvalue weighted by Crippen LogP contribution is 2.17. The van der Waals surface area contributed by atoms with E-state index in [4.69, 9.17) is 15.1 Å². The van der Waals surface area contributed by atoms with Crippen LogP contribution in [0.15, 0.2) is 18.3 Å². The number of nitriles is 1. The summed E-state index contributed by atoms with van der Waals surface area (Å²) in [7, 11) is 0. The predicted molar refractivity (Wildman–Crippen MR) is 51.5 cm³/mol. The van der Waals surface area contributed by atoms with Crippen LogP contribution in [0.2, 0.25) is 0 Å². The summed E-state index contributed by atoms with van der Waals surface area (Å²) in [4.78, 5) is 14.4. The van der Waals surface area contributed by atoms with E-state index >= 15 is 0 Å². The first-order valence-corrected chi connectivity index (χ1v) is 4.43. The third-order valence-electron chi connectivity index (χ3n) is 1.76. The van der Waals surface area contributed by atoms with Gasteiger partial charge < -0.3 is 9.84 Å². The lowest BCUT2D eigenvalue weighted by molar-refractivity contribution is 0.0683. The number of ether oxygens (including phenoxy) is 1. The van der Waals surface area contributed by atoms with Crippen molar-refractivity contribution < 1.29 is 14.6 Å². The number of carboxylic acids is 1. The van der Waals surface area contributed by atoms with Gasteiger partial charge in [-0.2, -0.15) is 5.26 Å². The number of rotatable bonds is 4. The summed E-state index contributed by atoms with van der Waals surface area (Å²) >= 11 is 0. The molecule has 0 bridgehead atoms. The second-order valence-electron chi connectivity index (χ2n) is 2.80. The van der Waals surface area contributed by atoms with E-state index in [0.29, 0.717) is 6.42 Å². The predicted octanol–water partition coefficient (Wildman–Crippen LogP) is 1.46. The SMILES string of the molecule is CCC(C#N)Oc1cccnc1C(=O)O. The van der Waals surface area contributed by atoms with Gasteiger partial charge in [0.15, 0.2) is 17.5 Å². The fourth-order valence-electron chi connectivity index (χ4n) is 1.00. The normalized spacial score (nSPS) is 11.5. The Bertz CT molecular complexity index is 398. The molecule has 5 nitrogen and oxygen atoms in total. The monoisotopic (exact) mass is 206 g/mol. The Kier molecular flexibility index (Phi) is 3.63. The van der Waals surface area contributed by atoms with Crippen LogP contribution in [0.5, 0.6) is 5.75 Å². The van der Waals surface area contributed by atoms with E-state index in [1.165, 1.54) is 12.3 Å². The van der Waals surface area contributed by atoms with Crippen molar-refractivity contribution in [2.75, 3.05) is 0 Å². The van der Waals surface area contributed by atoms with E-state index in [0.717, 1.165) is 0 Å². The molecule has 0 spiro atoms. The second-order valence-corrected chi connectivity index (χ2v) is 2.80. The fourth-order valence-corrected chi connectivity index (χ4v) is 1.00. The molecule has 0 radical (unpaired) electrons. The van der Waals surface area contributed by atoms with Gasteiger partial charge in [0.25, 0.3) is 0 Å². The minimum absolute atomic E-state index is 0.124. The molecule has 1 N–H and O–H groups in total. The summed E-state index contributed by atoms with van der Waals surface area (Å²) in [6.07, 6.45) is 1.21. The maximum atomic E-state index is 10.8. The van der Waals surface area contributed by atoms with Gasteiger partial charge in [-0.1, -0.05) is 6.92 Å². The molecule has 1 unspecified atom stereocenters. The summed E-state index contributed by atoms with van der Waals surface area (Å²) in [6, 6.07) is 4.97. The van der Waals surface area contributed by atoms with Crippen molar-refractivity contribution in [2.45, 2.75) is 19.4 Å². The minimum atomic E-state index is -1.17. The number of nitrogens with zero attached hydrogens (tertiary/aromatic N) is 2. The third-order valence-corrected chi connectivity index (χ3v) is 1.76. The van der Waals surface area contributed by atoms with Crippen LogP contribution >= 0.6 is 0 Å². The largest absolute Gasteiger partial charge is 0.476 e. The molecule has 1 rings (SSSR count). The third kappa shape index (κ3) is 2.68. The lowest BCUT2D eigenvalue weighted by Crippen LogP contribution is -2.15. The number of carboxylic acid groups (broad SMARTS) is 1. The molecule has 0 fully saturated rings. The van der Waals surface area contributed by atoms with Gasteiger partial charge in [-0.05, 0) is 18.6 Å². The van der Waals surface area contributed by atoms with Crippen molar-refractivity contribution in [1.82, 2.24) is 4.98 Å². The molecule has 0 amide bonds. The lowest BCUT2D eigenvalue weighted by Gasteiger charge is -2.11. The van der Waals surface area contributed by atoms with Crippen LogP contribution in [0, 0.1) is 11.3 Å². The quantitative estimate of drug-likeness (QED) is 0.806. The zero-order valence-corrected chi connectivity index (χ0v) is 8.17. The fraction of sp³-hybridized carbons (Fsp3) is 0.300. The Balaban J connectivity index is 2.94. The van der Waals surface area contributed by atoms with Crippen LogP contribution in [0.3, 0.4) is 0 Å². The smallest absolute Gasteiger partial charge is 0.358 e. The van der Waals surface area contributed by atoms with Crippen LogP contribution in [0.4, 0.5) is 0 Å². The van der Waals surface area contributed by atoms with E-state index in [9.17, 15) is 4.79 Å². The number of carbonyl (C=O) groups is 1. The van der Waals surface area contributed by atoms with Gasteiger partial charge in [-0.25, -0.2) is 9.78 Å². The van der Waals surface area contributed by atoms with Gasteiger partial charge in [-0.3, -0.25) is 0 Å². The molecular weight excluding hydrogens is 196 g/mol. The van der Waals surface area contributed by atoms with Crippen molar-refractivity contribution in [3.63, 3.8) is 0 Å². The molecule has 0 saturated heterocycles. The molecule has 1 aromatic rings. The molecular formula is C10H10N2O3. The zero-order chi connectivity index (χ0) is 11.3. The van der Waals surface area contributed by atoms with Crippen molar-refractivity contribution in [2.24, 2.45) is 0 Å². The highest BCUT2D eigenvalue weighted by molar-refractivity contribution is 5.88. The zero-order valence-electron chi connectivity index (χ0n) is 8.17. The molecule has 78 valence electrons. The van der Waals surface area contributed by atoms with Gasteiger partial charge in [0.2, 0.25) is 0 Å². The molecule has 0 saturated carbocycles. The van der Waals surface area contributed by atoms with Crippen molar-refractivity contribution >= 4 is 5.97 Å². The first-order valence-electron chi connectivity index (χ1n) is 4.43. The van der Waals surface area contributed by atoms with Gasteiger partial charge >= 0.3 is 5.97 Å². The van der Waals surface area contributed by atoms with Gasteiger partial charge in [-0.15, -0.1) is 0 Å². The summed E-state index contributed by atoms with van der Waals surface area (Å²) < 4.78 is 5.20. The highest BCUT2D eigenvalue weighted by Gasteiger charge is 2.15. The summed E-state index contributed by atoms with van der Waals surface area (Å²) in [5.74, 6) is -1.04. The first kappa shape index (κ1) is 11.0. The maximum absolute atomic E-state index is 10.8. The van der Waals surface area contributed by atoms with Crippen molar-refractivity contribution in [1.29, 1.82) is 5.26 Å². The molecule has 0 aromatic carbocycles. The number of hydrogen-bond donors (Lipinski definition) is 1. The Labute approximate surface area is 86.9 Å². The van der Waals surface area contributed by atoms with Crippen LogP contribution in [-0.2, 0) is 0 Å². The van der Waals surface area contributed by atoms with Crippen molar-refractivity contribution in [3.8, 4) is 11.8 Å². The average Bonchev–Trinajstić information content (AvgIpc) is 2.26. The molecule has 15 heavy (non-hydrogen) atoms. The number of pyridine rings is 1. The van der Waals surface area contributed by atoms with E-state index in [1.807, 2.05) is 6.07 Å². The second kappa shape index (κ2) is 4.96. The van der Waals surface area contributed by atoms with Crippen LogP contribution in [0.25, 0.3) is 0 Å². The van der Waals surface area contributed by atoms with Crippen LogP contribution in [0.1, 0.15) is 23.8 Å². The van der Waals surface area contributed by atoms with Gasteiger partial charge in [0.1, 0.15) is 6.07 Å². The van der Waals surface area contributed by atoms with E-state index in [2.05, 4.69) is 4.98 Å². The Hall–Kier alpha value is -2.09. The topological polar surface area (TPSA) is 83.2 Å². The summed E-state index contributed by atoms with van der Waals surface area (Å²) in [5, 5.41) is 17.5. The molecule has 1 aromatic heterocycles. The Morgan fingerprint density at radius 1 is 1.80 bits per heavy atom. The molecule has 0 aliphatic carbocycles. The van der Waals surface area contributed by atoms with Crippen LogP contribution < -0.4 is 4.74 Å². The van der Waals surface area contributed by atoms with E-state index < -0.39 is 12.1 Å². The molecule has 1 heterocycles. The van der Waals surface area contributed by atoms with E-state index in [1.54, 1.807) is 13.0 Å². The Morgan fingerprint density at radius 3 is 3.07 bits per heavy atom.